The third-order valence-corrected chi connectivity index (χ3v) is 4.54. The summed E-state index contributed by atoms with van der Waals surface area (Å²) in [4.78, 5) is 4.65. The zero-order valence-corrected chi connectivity index (χ0v) is 16.7. The van der Waals surface area contributed by atoms with Crippen LogP contribution in [0.2, 0.25) is 0 Å². The maximum atomic E-state index is 9.85. The molecular weight excluding hydrogens is 352 g/mol. The van der Waals surface area contributed by atoms with Gasteiger partial charge in [0.15, 0.2) is 0 Å². The molecule has 5 nitrogen and oxygen atoms in total. The summed E-state index contributed by atoms with van der Waals surface area (Å²) in [5.74, 6) is 0.692. The van der Waals surface area contributed by atoms with Crippen molar-refractivity contribution in [3.05, 3.63) is 60.4 Å². The monoisotopic (exact) mass is 380 g/mol. The average Bonchev–Trinajstić information content (AvgIpc) is 3.11. The molecule has 5 heteroatoms. The van der Waals surface area contributed by atoms with Crippen LogP contribution in [0.15, 0.2) is 54.9 Å². The number of aliphatic hydroxyl groups excluding tert-OH is 2. The number of aliphatic hydroxyl groups is 2. The molecule has 0 amide bonds. The zero-order chi connectivity index (χ0) is 20.1. The van der Waals surface area contributed by atoms with E-state index in [1.54, 1.807) is 6.92 Å². The van der Waals surface area contributed by atoms with Gasteiger partial charge in [-0.25, -0.2) is 4.98 Å². The number of benzene rings is 2. The zero-order valence-electron chi connectivity index (χ0n) is 16.7. The summed E-state index contributed by atoms with van der Waals surface area (Å²) in [6.45, 7) is 6.28. The van der Waals surface area contributed by atoms with Gasteiger partial charge in [-0.2, -0.15) is 0 Å². The van der Waals surface area contributed by atoms with E-state index in [4.69, 9.17) is 4.74 Å². The molecule has 2 N–H and O–H groups in total. The van der Waals surface area contributed by atoms with Crippen LogP contribution in [0.25, 0.3) is 22.5 Å². The van der Waals surface area contributed by atoms with Gasteiger partial charge in [-0.05, 0) is 45.4 Å². The van der Waals surface area contributed by atoms with Crippen LogP contribution < -0.4 is 4.74 Å². The first-order valence-electron chi connectivity index (χ1n) is 9.69. The van der Waals surface area contributed by atoms with E-state index in [2.05, 4.69) is 9.55 Å². The van der Waals surface area contributed by atoms with Gasteiger partial charge in [0.2, 0.25) is 0 Å². The van der Waals surface area contributed by atoms with Crippen molar-refractivity contribution < 1.29 is 14.9 Å². The first-order chi connectivity index (χ1) is 13.5. The highest BCUT2D eigenvalue weighted by molar-refractivity contribution is 5.79. The normalized spacial score (nSPS) is 12.4. The molecule has 0 radical (unpaired) electrons. The molecule has 148 valence electrons. The van der Waals surface area contributed by atoms with Crippen LogP contribution in [0.4, 0.5) is 0 Å². The Balaban J connectivity index is 2.09. The Hall–Kier alpha value is -2.63. The van der Waals surface area contributed by atoms with Crippen LogP contribution in [-0.2, 0) is 13.2 Å². The summed E-state index contributed by atoms with van der Waals surface area (Å²) < 4.78 is 7.88. The van der Waals surface area contributed by atoms with Crippen LogP contribution >= 0.6 is 0 Å². The minimum atomic E-state index is -0.384. The van der Waals surface area contributed by atoms with E-state index in [1.165, 1.54) is 0 Å². The first kappa shape index (κ1) is 20.1. The van der Waals surface area contributed by atoms with Crippen LogP contribution in [0.3, 0.4) is 0 Å². The Kier molecular flexibility index (Phi) is 6.49. The molecule has 1 atom stereocenters. The van der Waals surface area contributed by atoms with E-state index in [0.717, 1.165) is 28.1 Å². The van der Waals surface area contributed by atoms with Crippen molar-refractivity contribution in [3.8, 4) is 28.3 Å². The Morgan fingerprint density at radius 1 is 1.04 bits per heavy atom. The quantitative estimate of drug-likeness (QED) is 0.612. The molecule has 3 aromatic rings. The molecule has 0 bridgehead atoms. The average molecular weight is 380 g/mol. The minimum Gasteiger partial charge on any atom is -0.491 e. The molecule has 0 saturated carbocycles. The molecule has 3 rings (SSSR count). The van der Waals surface area contributed by atoms with Crippen molar-refractivity contribution in [2.75, 3.05) is 0 Å². The summed E-state index contributed by atoms with van der Waals surface area (Å²) in [5, 5.41) is 19.6. The first-order valence-corrected chi connectivity index (χ1v) is 9.69. The van der Waals surface area contributed by atoms with E-state index in [-0.39, 0.29) is 18.8 Å². The van der Waals surface area contributed by atoms with Gasteiger partial charge in [-0.15, -0.1) is 0 Å². The molecular formula is C23H28N2O3. The fourth-order valence-corrected chi connectivity index (χ4v) is 3.21. The smallest absolute Gasteiger partial charge is 0.125 e. The second-order valence-electron chi connectivity index (χ2n) is 7.29. The van der Waals surface area contributed by atoms with Crippen LogP contribution in [0.1, 0.15) is 32.8 Å². The lowest BCUT2D eigenvalue weighted by Gasteiger charge is -2.16. The lowest BCUT2D eigenvalue weighted by atomic mass is 10.0. The van der Waals surface area contributed by atoms with Crippen LogP contribution in [0.5, 0.6) is 5.75 Å². The Labute approximate surface area is 166 Å². The molecule has 2 aromatic carbocycles. The molecule has 0 aliphatic rings. The van der Waals surface area contributed by atoms with Crippen molar-refractivity contribution >= 4 is 0 Å². The molecule has 0 spiro atoms. The standard InChI is InChI=1S/C23H28N2O3/c1-16(2)28-21-10-9-19(13-20(21)14-26)23-22(18-7-5-4-6-8-18)24-15-25(23)12-11-17(3)27/h4-10,13,15-17,26-27H,11-12,14H2,1-3H3. The van der Waals surface area contributed by atoms with Gasteiger partial charge in [0.25, 0.3) is 0 Å². The Bertz CT molecular complexity index is 901. The lowest BCUT2D eigenvalue weighted by Crippen LogP contribution is -2.09. The largest absolute Gasteiger partial charge is 0.491 e. The summed E-state index contributed by atoms with van der Waals surface area (Å²) in [7, 11) is 0. The molecule has 0 fully saturated rings. The van der Waals surface area contributed by atoms with Gasteiger partial charge in [-0.3, -0.25) is 0 Å². The maximum Gasteiger partial charge on any atom is 0.125 e. The van der Waals surface area contributed by atoms with Gasteiger partial charge in [0.1, 0.15) is 5.75 Å². The van der Waals surface area contributed by atoms with Crippen molar-refractivity contribution in [1.29, 1.82) is 0 Å². The lowest BCUT2D eigenvalue weighted by molar-refractivity contribution is 0.178. The second kappa shape index (κ2) is 9.04. The highest BCUT2D eigenvalue weighted by atomic mass is 16.5. The highest BCUT2D eigenvalue weighted by Gasteiger charge is 2.17. The minimum absolute atomic E-state index is 0.0348. The molecule has 0 aliphatic carbocycles. The topological polar surface area (TPSA) is 67.5 Å². The van der Waals surface area contributed by atoms with Crippen molar-refractivity contribution in [2.24, 2.45) is 0 Å². The number of aromatic nitrogens is 2. The van der Waals surface area contributed by atoms with Crippen molar-refractivity contribution in [3.63, 3.8) is 0 Å². The van der Waals surface area contributed by atoms with Crippen LogP contribution in [0, 0.1) is 0 Å². The van der Waals surface area contributed by atoms with Gasteiger partial charge < -0.3 is 19.5 Å². The van der Waals surface area contributed by atoms with Crippen molar-refractivity contribution in [1.82, 2.24) is 9.55 Å². The predicted molar refractivity (Wildman–Crippen MR) is 111 cm³/mol. The third kappa shape index (κ3) is 4.61. The number of hydrogen-bond acceptors (Lipinski definition) is 4. The van der Waals surface area contributed by atoms with Crippen molar-refractivity contribution in [2.45, 2.75) is 52.6 Å². The fourth-order valence-electron chi connectivity index (χ4n) is 3.21. The molecule has 1 heterocycles. The number of aryl methyl sites for hydroxylation is 1. The van der Waals surface area contributed by atoms with Gasteiger partial charge in [0, 0.05) is 23.2 Å². The molecule has 0 saturated heterocycles. The van der Waals surface area contributed by atoms with E-state index in [9.17, 15) is 10.2 Å². The molecule has 1 aromatic heterocycles. The number of nitrogens with zero attached hydrogens (tertiary/aromatic N) is 2. The maximum absolute atomic E-state index is 9.85. The summed E-state index contributed by atoms with van der Waals surface area (Å²) in [6, 6.07) is 15.9. The van der Waals surface area contributed by atoms with Gasteiger partial charge >= 0.3 is 0 Å². The molecule has 0 aliphatic heterocycles. The van der Waals surface area contributed by atoms with E-state index >= 15 is 0 Å². The Morgan fingerprint density at radius 3 is 2.43 bits per heavy atom. The van der Waals surface area contributed by atoms with Gasteiger partial charge in [0.05, 0.1) is 36.5 Å². The third-order valence-electron chi connectivity index (χ3n) is 4.54. The second-order valence-corrected chi connectivity index (χ2v) is 7.29. The summed E-state index contributed by atoms with van der Waals surface area (Å²) in [5.41, 5.74) is 4.59. The highest BCUT2D eigenvalue weighted by Crippen LogP contribution is 2.34. The number of ether oxygens (including phenoxy) is 1. The summed E-state index contributed by atoms with van der Waals surface area (Å²) in [6.07, 6.45) is 2.11. The number of hydrogen-bond donors (Lipinski definition) is 2. The van der Waals surface area contributed by atoms with Gasteiger partial charge in [-0.1, -0.05) is 30.3 Å². The fraction of sp³-hybridized carbons (Fsp3) is 0.348. The summed E-state index contributed by atoms with van der Waals surface area (Å²) >= 11 is 0. The molecule has 1 unspecified atom stereocenters. The number of imidazole rings is 1. The Morgan fingerprint density at radius 2 is 1.79 bits per heavy atom. The molecule has 28 heavy (non-hydrogen) atoms. The van der Waals surface area contributed by atoms with E-state index in [0.29, 0.717) is 18.7 Å². The number of rotatable bonds is 8. The van der Waals surface area contributed by atoms with E-state index < -0.39 is 0 Å². The van der Waals surface area contributed by atoms with Crippen LogP contribution in [-0.4, -0.2) is 32.0 Å². The SMILES string of the molecule is CC(O)CCn1cnc(-c2ccccc2)c1-c1ccc(OC(C)C)c(CO)c1. The van der Waals surface area contributed by atoms with E-state index in [1.807, 2.05) is 68.7 Å². The predicted octanol–water partition coefficient (Wildman–Crippen LogP) is 4.27.